The zero-order valence-corrected chi connectivity index (χ0v) is 20.2. The quantitative estimate of drug-likeness (QED) is 0.413. The topological polar surface area (TPSA) is 119 Å². The maximum atomic E-state index is 12.1. The maximum Gasteiger partial charge on any atom is 0.411 e. The fraction of sp³-hybridized carbons (Fsp3) is 0.231. The number of aromatic nitrogens is 1. The van der Waals surface area contributed by atoms with Crippen molar-refractivity contribution in [2.75, 3.05) is 17.2 Å². The molecule has 0 aliphatic carbocycles. The molecule has 0 atom stereocenters. The highest BCUT2D eigenvalue weighted by atomic mass is 35.5. The van der Waals surface area contributed by atoms with Crippen LogP contribution in [0.1, 0.15) is 31.4 Å². The van der Waals surface area contributed by atoms with Crippen LogP contribution in [0.5, 0.6) is 0 Å². The summed E-state index contributed by atoms with van der Waals surface area (Å²) in [5.74, 6) is 0.474. The largest absolute Gasteiger partial charge is 0.447 e. The average Bonchev–Trinajstić information content (AvgIpc) is 3.23. The molecule has 0 fully saturated rings. The Morgan fingerprint density at radius 3 is 2.69 bits per heavy atom. The standard InChI is InChI=1S/C26H26ClN5O3/c1-15(2)35-26(34)30-18-7-8-21(27)20(13-18)23-12-16-11-17(14-29-25(16)32-23)19-5-3-4-6-22(19)31-24(33)9-10-28/h3-8,11,13-15H,9-10,12,28H2,1-2H3,(H,30,34)(H,31,33). The number of fused-ring (bicyclic) bond motifs is 1. The summed E-state index contributed by atoms with van der Waals surface area (Å²) in [6.07, 6.45) is 1.75. The molecule has 1 aliphatic heterocycles. The maximum absolute atomic E-state index is 12.1. The summed E-state index contributed by atoms with van der Waals surface area (Å²) < 4.78 is 5.15. The van der Waals surface area contributed by atoms with Crippen LogP contribution in [0.15, 0.2) is 59.7 Å². The molecule has 9 heteroatoms. The van der Waals surface area contributed by atoms with E-state index in [9.17, 15) is 9.59 Å². The molecule has 2 heterocycles. The van der Waals surface area contributed by atoms with Crippen LogP contribution in [0.2, 0.25) is 5.02 Å². The van der Waals surface area contributed by atoms with E-state index < -0.39 is 6.09 Å². The molecule has 4 rings (SSSR count). The lowest BCUT2D eigenvalue weighted by Gasteiger charge is -2.12. The minimum absolute atomic E-state index is 0.139. The van der Waals surface area contributed by atoms with E-state index in [1.165, 1.54) is 0 Å². The van der Waals surface area contributed by atoms with Gasteiger partial charge >= 0.3 is 6.09 Å². The third-order valence-electron chi connectivity index (χ3n) is 5.29. The normalized spacial score (nSPS) is 12.2. The fourth-order valence-corrected chi connectivity index (χ4v) is 3.98. The van der Waals surface area contributed by atoms with Gasteiger partial charge in [-0.1, -0.05) is 29.8 Å². The van der Waals surface area contributed by atoms with Gasteiger partial charge in [-0.2, -0.15) is 0 Å². The first-order valence-corrected chi connectivity index (χ1v) is 11.6. The summed E-state index contributed by atoms with van der Waals surface area (Å²) in [6, 6.07) is 14.8. The number of amides is 2. The van der Waals surface area contributed by atoms with E-state index in [1.54, 1.807) is 38.2 Å². The van der Waals surface area contributed by atoms with Crippen LogP contribution in [0.25, 0.3) is 11.1 Å². The lowest BCUT2D eigenvalue weighted by molar-refractivity contribution is -0.116. The first-order valence-electron chi connectivity index (χ1n) is 11.3. The summed E-state index contributed by atoms with van der Waals surface area (Å²) in [7, 11) is 0. The number of halogens is 1. The van der Waals surface area contributed by atoms with Crippen molar-refractivity contribution in [3.63, 3.8) is 0 Å². The van der Waals surface area contributed by atoms with Crippen LogP contribution in [-0.4, -0.2) is 35.3 Å². The van der Waals surface area contributed by atoms with Gasteiger partial charge in [0.2, 0.25) is 5.91 Å². The summed E-state index contributed by atoms with van der Waals surface area (Å²) in [4.78, 5) is 33.3. The van der Waals surface area contributed by atoms with Crippen molar-refractivity contribution in [3.8, 4) is 11.1 Å². The zero-order valence-electron chi connectivity index (χ0n) is 19.5. The second-order valence-corrected chi connectivity index (χ2v) is 8.76. The molecule has 0 saturated carbocycles. The Labute approximate surface area is 208 Å². The Morgan fingerprint density at radius 2 is 1.91 bits per heavy atom. The molecule has 8 nitrogen and oxygen atoms in total. The number of nitrogens with two attached hydrogens (primary N) is 1. The Kier molecular flexibility index (Phi) is 7.43. The number of benzene rings is 2. The summed E-state index contributed by atoms with van der Waals surface area (Å²) in [5.41, 5.74) is 10.9. The van der Waals surface area contributed by atoms with Gasteiger partial charge < -0.3 is 15.8 Å². The number of carbonyl (C=O) groups excluding carboxylic acids is 2. The van der Waals surface area contributed by atoms with E-state index in [0.29, 0.717) is 34.2 Å². The molecule has 0 radical (unpaired) electrons. The van der Waals surface area contributed by atoms with Gasteiger partial charge in [-0.15, -0.1) is 0 Å². The number of nitrogens with one attached hydrogen (secondary N) is 2. The third-order valence-corrected chi connectivity index (χ3v) is 5.62. The highest BCUT2D eigenvalue weighted by Crippen LogP contribution is 2.35. The predicted octanol–water partition coefficient (Wildman–Crippen LogP) is 5.32. The van der Waals surface area contributed by atoms with Crippen molar-refractivity contribution < 1.29 is 14.3 Å². The monoisotopic (exact) mass is 491 g/mol. The number of hydrogen-bond donors (Lipinski definition) is 3. The molecule has 0 spiro atoms. The van der Waals surface area contributed by atoms with Crippen LogP contribution in [0.4, 0.5) is 22.0 Å². The van der Waals surface area contributed by atoms with Crippen molar-refractivity contribution in [3.05, 3.63) is 70.9 Å². The van der Waals surface area contributed by atoms with E-state index >= 15 is 0 Å². The van der Waals surface area contributed by atoms with Crippen LogP contribution >= 0.6 is 11.6 Å². The summed E-state index contributed by atoms with van der Waals surface area (Å²) >= 11 is 6.47. The molecule has 2 aromatic carbocycles. The molecule has 0 unspecified atom stereocenters. The van der Waals surface area contributed by atoms with Crippen molar-refractivity contribution in [2.24, 2.45) is 10.7 Å². The lowest BCUT2D eigenvalue weighted by atomic mass is 10.0. The Hall–Kier alpha value is -3.75. The highest BCUT2D eigenvalue weighted by molar-refractivity contribution is 6.34. The number of carbonyl (C=O) groups is 2. The van der Waals surface area contributed by atoms with Crippen molar-refractivity contribution in [1.82, 2.24) is 4.98 Å². The summed E-state index contributed by atoms with van der Waals surface area (Å²) in [6.45, 7) is 3.85. The van der Waals surface area contributed by atoms with Gasteiger partial charge in [0.1, 0.15) is 0 Å². The van der Waals surface area contributed by atoms with Gasteiger partial charge in [0.05, 0.1) is 11.8 Å². The smallest absolute Gasteiger partial charge is 0.411 e. The van der Waals surface area contributed by atoms with E-state index in [1.807, 2.05) is 30.3 Å². The van der Waals surface area contributed by atoms with Gasteiger partial charge in [-0.05, 0) is 44.2 Å². The molecule has 180 valence electrons. The third kappa shape index (κ3) is 5.85. The molecule has 1 aliphatic rings. The van der Waals surface area contributed by atoms with Crippen LogP contribution in [0.3, 0.4) is 0 Å². The fourth-order valence-electron chi connectivity index (χ4n) is 3.76. The SMILES string of the molecule is CC(C)OC(=O)Nc1ccc(Cl)c(C2=Nc3ncc(-c4ccccc4NC(=O)CCN)cc3C2)c1. The molecular weight excluding hydrogens is 466 g/mol. The minimum atomic E-state index is -0.534. The van der Waals surface area contributed by atoms with Crippen LogP contribution in [-0.2, 0) is 16.0 Å². The minimum Gasteiger partial charge on any atom is -0.447 e. The highest BCUT2D eigenvalue weighted by Gasteiger charge is 2.21. The first kappa shape index (κ1) is 24.4. The number of anilines is 2. The number of pyridine rings is 1. The molecule has 2 amide bonds. The number of rotatable bonds is 7. The van der Waals surface area contributed by atoms with E-state index in [2.05, 4.69) is 20.6 Å². The lowest BCUT2D eigenvalue weighted by Crippen LogP contribution is -2.18. The molecule has 0 saturated heterocycles. The van der Waals surface area contributed by atoms with E-state index in [4.69, 9.17) is 22.1 Å². The number of hydrogen-bond acceptors (Lipinski definition) is 6. The summed E-state index contributed by atoms with van der Waals surface area (Å²) in [5, 5.41) is 6.15. The Morgan fingerprint density at radius 1 is 1.11 bits per heavy atom. The van der Waals surface area contributed by atoms with Crippen molar-refractivity contribution in [1.29, 1.82) is 0 Å². The van der Waals surface area contributed by atoms with E-state index in [-0.39, 0.29) is 25.0 Å². The molecule has 3 aromatic rings. The number of nitrogens with zero attached hydrogens (tertiary/aromatic N) is 2. The molecule has 0 bridgehead atoms. The number of para-hydroxylation sites is 1. The predicted molar refractivity (Wildman–Crippen MR) is 139 cm³/mol. The number of aliphatic imine (C=N–C) groups is 1. The van der Waals surface area contributed by atoms with Crippen LogP contribution in [0, 0.1) is 0 Å². The van der Waals surface area contributed by atoms with Gasteiger partial charge in [-0.25, -0.2) is 14.8 Å². The Bertz CT molecular complexity index is 1310. The number of ether oxygens (including phenoxy) is 1. The van der Waals surface area contributed by atoms with Gasteiger partial charge in [0.25, 0.3) is 0 Å². The Balaban J connectivity index is 1.56. The van der Waals surface area contributed by atoms with Crippen LogP contribution < -0.4 is 16.4 Å². The molecular formula is C26H26ClN5O3. The van der Waals surface area contributed by atoms with Gasteiger partial charge in [0.15, 0.2) is 5.82 Å². The average molecular weight is 492 g/mol. The van der Waals surface area contributed by atoms with Crippen molar-refractivity contribution >= 4 is 46.5 Å². The van der Waals surface area contributed by atoms with E-state index in [0.717, 1.165) is 22.4 Å². The second kappa shape index (κ2) is 10.7. The molecule has 4 N–H and O–H groups in total. The van der Waals surface area contributed by atoms with Gasteiger partial charge in [-0.3, -0.25) is 10.1 Å². The molecule has 1 aromatic heterocycles. The van der Waals surface area contributed by atoms with Crippen molar-refractivity contribution in [2.45, 2.75) is 32.8 Å². The molecule has 35 heavy (non-hydrogen) atoms. The van der Waals surface area contributed by atoms with Gasteiger partial charge in [0, 0.05) is 64.2 Å². The first-order chi connectivity index (χ1) is 16.8. The zero-order chi connectivity index (χ0) is 24.9. The second-order valence-electron chi connectivity index (χ2n) is 8.35.